The molecule has 0 bridgehead atoms. The number of benzene rings is 1. The molecule has 134 valence electrons. The van der Waals surface area contributed by atoms with Gasteiger partial charge in [-0.05, 0) is 31.0 Å². The van der Waals surface area contributed by atoms with E-state index in [2.05, 4.69) is 10.2 Å². The molecule has 2 aliphatic heterocycles. The lowest BCUT2D eigenvalue weighted by Gasteiger charge is -2.32. The van der Waals surface area contributed by atoms with Gasteiger partial charge >= 0.3 is 0 Å². The van der Waals surface area contributed by atoms with Crippen molar-refractivity contribution in [3.63, 3.8) is 0 Å². The second-order valence-corrected chi connectivity index (χ2v) is 6.29. The number of hydrogen-bond acceptors (Lipinski definition) is 4. The maximum absolute atomic E-state index is 13.6. The highest BCUT2D eigenvalue weighted by Gasteiger charge is 2.31. The zero-order valence-electron chi connectivity index (χ0n) is 14.0. The Morgan fingerprint density at radius 1 is 1.33 bits per heavy atom. The van der Waals surface area contributed by atoms with Crippen LogP contribution in [0.4, 0.5) is 4.39 Å². The number of carbonyl (C=O) groups is 1. The number of nitrogens with one attached hydrogen (secondary N) is 1. The summed E-state index contributed by atoms with van der Waals surface area (Å²) in [4.78, 5) is 16.6. The molecular weight excluding hydrogens is 333 g/mol. The molecule has 1 atom stereocenters. The lowest BCUT2D eigenvalue weighted by molar-refractivity contribution is -0.132. The summed E-state index contributed by atoms with van der Waals surface area (Å²) in [7, 11) is 0. The Hall–Kier alpha value is -1.37. The van der Waals surface area contributed by atoms with Crippen molar-refractivity contribution >= 4 is 18.3 Å². The quantitative estimate of drug-likeness (QED) is 0.885. The summed E-state index contributed by atoms with van der Waals surface area (Å²) < 4.78 is 19.0. The summed E-state index contributed by atoms with van der Waals surface area (Å²) >= 11 is 0. The summed E-state index contributed by atoms with van der Waals surface area (Å²) in [5.74, 6) is -0.344. The van der Waals surface area contributed by atoms with Crippen LogP contribution in [0.3, 0.4) is 0 Å². The normalized spacial score (nSPS) is 21.4. The van der Waals surface area contributed by atoms with Gasteiger partial charge in [-0.1, -0.05) is 6.07 Å². The zero-order chi connectivity index (χ0) is 16.2. The van der Waals surface area contributed by atoms with E-state index < -0.39 is 5.82 Å². The largest absolute Gasteiger partial charge is 0.481 e. The second-order valence-electron chi connectivity index (χ2n) is 6.29. The molecule has 1 N–H and O–H groups in total. The minimum Gasteiger partial charge on any atom is -0.481 e. The van der Waals surface area contributed by atoms with Crippen molar-refractivity contribution in [1.29, 1.82) is 0 Å². The highest BCUT2D eigenvalue weighted by Crippen LogP contribution is 2.20. The number of likely N-dealkylation sites (tertiary alicyclic amines) is 1. The number of halogens is 2. The first kappa shape index (κ1) is 19.0. The first-order valence-corrected chi connectivity index (χ1v) is 8.25. The van der Waals surface area contributed by atoms with Crippen molar-refractivity contribution in [2.45, 2.75) is 19.4 Å². The Kier molecular flexibility index (Phi) is 6.83. The van der Waals surface area contributed by atoms with E-state index in [1.165, 1.54) is 6.07 Å². The predicted octanol–water partition coefficient (Wildman–Crippen LogP) is 1.44. The number of piperazine rings is 1. The van der Waals surface area contributed by atoms with Gasteiger partial charge in [0, 0.05) is 45.3 Å². The van der Waals surface area contributed by atoms with Gasteiger partial charge in [0.05, 0.1) is 0 Å². The van der Waals surface area contributed by atoms with E-state index in [1.54, 1.807) is 12.1 Å². The molecule has 7 heteroatoms. The van der Waals surface area contributed by atoms with Crippen molar-refractivity contribution in [3.05, 3.63) is 29.6 Å². The van der Waals surface area contributed by atoms with Crippen LogP contribution in [-0.4, -0.2) is 67.6 Å². The van der Waals surface area contributed by atoms with E-state index in [9.17, 15) is 9.18 Å². The molecule has 0 radical (unpaired) electrons. The van der Waals surface area contributed by atoms with Gasteiger partial charge < -0.3 is 15.0 Å². The molecule has 2 fully saturated rings. The third-order valence-corrected chi connectivity index (χ3v) is 4.62. The summed E-state index contributed by atoms with van der Waals surface area (Å²) in [5.41, 5.74) is 0.911. The Morgan fingerprint density at radius 2 is 2.08 bits per heavy atom. The molecule has 1 aromatic rings. The van der Waals surface area contributed by atoms with Crippen molar-refractivity contribution in [3.8, 4) is 5.75 Å². The fourth-order valence-electron chi connectivity index (χ4n) is 3.27. The molecule has 1 aromatic carbocycles. The van der Waals surface area contributed by atoms with Crippen LogP contribution < -0.4 is 10.1 Å². The van der Waals surface area contributed by atoms with Crippen molar-refractivity contribution in [2.75, 3.05) is 45.9 Å². The highest BCUT2D eigenvalue weighted by atomic mass is 35.5. The number of rotatable bonds is 4. The Morgan fingerprint density at radius 3 is 2.83 bits per heavy atom. The monoisotopic (exact) mass is 357 g/mol. The van der Waals surface area contributed by atoms with E-state index in [0.29, 0.717) is 6.04 Å². The third-order valence-electron chi connectivity index (χ3n) is 4.62. The van der Waals surface area contributed by atoms with Crippen molar-refractivity contribution in [2.24, 2.45) is 0 Å². The maximum Gasteiger partial charge on any atom is 0.260 e. The average molecular weight is 358 g/mol. The molecule has 2 aliphatic rings. The summed E-state index contributed by atoms with van der Waals surface area (Å²) in [5, 5.41) is 3.34. The molecule has 2 saturated heterocycles. The minimum absolute atomic E-state index is 0. The SMILES string of the molecule is Cc1ccc(F)c(OCC(=O)N2CCC(N3CCNCC3)C2)c1.Cl. The smallest absolute Gasteiger partial charge is 0.260 e. The van der Waals surface area contributed by atoms with Crippen LogP contribution in [-0.2, 0) is 4.79 Å². The molecule has 24 heavy (non-hydrogen) atoms. The van der Waals surface area contributed by atoms with E-state index >= 15 is 0 Å². The van der Waals surface area contributed by atoms with Crippen molar-refractivity contribution in [1.82, 2.24) is 15.1 Å². The highest BCUT2D eigenvalue weighted by molar-refractivity contribution is 5.85. The standard InChI is InChI=1S/C17H24FN3O2.ClH/c1-13-2-3-15(18)16(10-13)23-12-17(22)21-7-4-14(11-21)20-8-5-19-6-9-20;/h2-3,10,14,19H,4-9,11-12H2,1H3;1H. The fourth-order valence-corrected chi connectivity index (χ4v) is 3.27. The van der Waals surface area contributed by atoms with Crippen LogP contribution in [0.25, 0.3) is 0 Å². The topological polar surface area (TPSA) is 44.8 Å². The number of nitrogens with zero attached hydrogens (tertiary/aromatic N) is 2. The summed E-state index contributed by atoms with van der Waals surface area (Å²) in [6.07, 6.45) is 1.00. The van der Waals surface area contributed by atoms with Crippen LogP contribution in [0, 0.1) is 12.7 Å². The summed E-state index contributed by atoms with van der Waals surface area (Å²) in [6.45, 7) is 7.38. The molecule has 1 unspecified atom stereocenters. The number of ether oxygens (including phenoxy) is 1. The van der Waals surface area contributed by atoms with E-state index in [1.807, 2.05) is 11.8 Å². The molecule has 0 aromatic heterocycles. The Labute approximate surface area is 148 Å². The number of hydrogen-bond donors (Lipinski definition) is 1. The van der Waals surface area contributed by atoms with Gasteiger partial charge in [-0.3, -0.25) is 9.69 Å². The minimum atomic E-state index is -0.427. The number of amides is 1. The van der Waals surface area contributed by atoms with Crippen LogP contribution in [0.2, 0.25) is 0 Å². The van der Waals surface area contributed by atoms with Gasteiger partial charge in [-0.15, -0.1) is 12.4 Å². The lowest BCUT2D eigenvalue weighted by atomic mass is 10.2. The van der Waals surface area contributed by atoms with Gasteiger partial charge in [0.2, 0.25) is 0 Å². The van der Waals surface area contributed by atoms with Gasteiger partial charge in [0.25, 0.3) is 5.91 Å². The van der Waals surface area contributed by atoms with Gasteiger partial charge in [-0.2, -0.15) is 0 Å². The maximum atomic E-state index is 13.6. The van der Waals surface area contributed by atoms with Gasteiger partial charge in [-0.25, -0.2) is 4.39 Å². The van der Waals surface area contributed by atoms with Gasteiger partial charge in [0.1, 0.15) is 0 Å². The first-order valence-electron chi connectivity index (χ1n) is 8.25. The Balaban J connectivity index is 0.00000208. The van der Waals surface area contributed by atoms with Crippen LogP contribution in [0.5, 0.6) is 5.75 Å². The zero-order valence-corrected chi connectivity index (χ0v) is 14.8. The molecule has 3 rings (SSSR count). The van der Waals surface area contributed by atoms with Crippen molar-refractivity contribution < 1.29 is 13.9 Å². The molecule has 2 heterocycles. The Bertz CT molecular complexity index is 567. The molecular formula is C17H25ClFN3O2. The van der Waals surface area contributed by atoms with Gasteiger partial charge in [0.15, 0.2) is 18.2 Å². The predicted molar refractivity (Wildman–Crippen MR) is 93.3 cm³/mol. The van der Waals surface area contributed by atoms with Crippen LogP contribution in [0.15, 0.2) is 18.2 Å². The molecule has 0 spiro atoms. The second kappa shape index (κ2) is 8.65. The third kappa shape index (κ3) is 4.59. The first-order chi connectivity index (χ1) is 11.1. The van der Waals surface area contributed by atoms with E-state index in [4.69, 9.17) is 4.74 Å². The molecule has 5 nitrogen and oxygen atoms in total. The summed E-state index contributed by atoms with van der Waals surface area (Å²) in [6, 6.07) is 5.11. The average Bonchev–Trinajstić information content (AvgIpc) is 3.06. The van der Waals surface area contributed by atoms with Crippen LogP contribution in [0.1, 0.15) is 12.0 Å². The fraction of sp³-hybridized carbons (Fsp3) is 0.588. The number of carbonyl (C=O) groups excluding carboxylic acids is 1. The van der Waals surface area contributed by atoms with E-state index in [-0.39, 0.29) is 30.7 Å². The number of aryl methyl sites for hydroxylation is 1. The lowest BCUT2D eigenvalue weighted by Crippen LogP contribution is -2.49. The molecule has 0 saturated carbocycles. The van der Waals surface area contributed by atoms with E-state index in [0.717, 1.165) is 51.3 Å². The molecule has 0 aliphatic carbocycles. The van der Waals surface area contributed by atoms with Crippen LogP contribution >= 0.6 is 12.4 Å². The molecule has 1 amide bonds.